The highest BCUT2D eigenvalue weighted by molar-refractivity contribution is 5.54. The molecular weight excluding hydrogens is 275 g/mol. The van der Waals surface area contributed by atoms with Crippen LogP contribution < -0.4 is 5.32 Å². The molecule has 1 aliphatic rings. The fourth-order valence-electron chi connectivity index (χ4n) is 2.89. The van der Waals surface area contributed by atoms with Gasteiger partial charge in [-0.25, -0.2) is 0 Å². The molecule has 21 heavy (non-hydrogen) atoms. The largest absolute Gasteiger partial charge is 0.416 e. The topological polar surface area (TPSA) is 12.0 Å². The van der Waals surface area contributed by atoms with Gasteiger partial charge in [0, 0.05) is 11.7 Å². The molecule has 1 aliphatic heterocycles. The number of benzene rings is 2. The highest BCUT2D eigenvalue weighted by Crippen LogP contribution is 2.33. The third-order valence-corrected chi connectivity index (χ3v) is 3.93. The van der Waals surface area contributed by atoms with E-state index in [-0.39, 0.29) is 6.04 Å². The van der Waals surface area contributed by atoms with Crippen molar-refractivity contribution in [3.05, 3.63) is 65.2 Å². The van der Waals surface area contributed by atoms with E-state index in [0.29, 0.717) is 12.0 Å². The van der Waals surface area contributed by atoms with Crippen LogP contribution in [0.4, 0.5) is 18.9 Å². The second kappa shape index (κ2) is 5.43. The van der Waals surface area contributed by atoms with Gasteiger partial charge >= 0.3 is 6.18 Å². The highest BCUT2D eigenvalue weighted by Gasteiger charge is 2.33. The fourth-order valence-corrected chi connectivity index (χ4v) is 2.89. The molecule has 110 valence electrons. The molecule has 2 aromatic rings. The Labute approximate surface area is 121 Å². The maximum atomic E-state index is 13.0. The van der Waals surface area contributed by atoms with Crippen LogP contribution in [0.15, 0.2) is 48.5 Å². The quantitative estimate of drug-likeness (QED) is 0.847. The third kappa shape index (κ3) is 3.04. The Balaban J connectivity index is 1.80. The Kier molecular flexibility index (Phi) is 3.62. The maximum Gasteiger partial charge on any atom is 0.416 e. The van der Waals surface area contributed by atoms with E-state index in [4.69, 9.17) is 0 Å². The monoisotopic (exact) mass is 291 g/mol. The minimum Gasteiger partial charge on any atom is -0.382 e. The third-order valence-electron chi connectivity index (χ3n) is 3.93. The Bertz CT molecular complexity index is 634. The first-order valence-electron chi connectivity index (χ1n) is 7.03. The van der Waals surface area contributed by atoms with Crippen LogP contribution in [0.3, 0.4) is 0 Å². The Hall–Kier alpha value is -1.97. The van der Waals surface area contributed by atoms with Gasteiger partial charge in [0.05, 0.1) is 5.56 Å². The first kappa shape index (κ1) is 14.0. The van der Waals surface area contributed by atoms with E-state index in [9.17, 15) is 13.2 Å². The molecule has 1 heterocycles. The van der Waals surface area contributed by atoms with E-state index < -0.39 is 11.7 Å². The molecule has 0 saturated heterocycles. The molecule has 1 N–H and O–H groups in total. The van der Waals surface area contributed by atoms with E-state index >= 15 is 0 Å². The zero-order chi connectivity index (χ0) is 14.9. The number of aryl methyl sites for hydroxylation is 1. The van der Waals surface area contributed by atoms with Crippen molar-refractivity contribution in [3.63, 3.8) is 0 Å². The lowest BCUT2D eigenvalue weighted by atomic mass is 9.92. The molecule has 0 radical (unpaired) electrons. The molecule has 0 bridgehead atoms. The molecule has 1 atom stereocenters. The molecule has 2 aromatic carbocycles. The summed E-state index contributed by atoms with van der Waals surface area (Å²) in [5.41, 5.74) is 2.11. The van der Waals surface area contributed by atoms with Crippen molar-refractivity contribution in [1.82, 2.24) is 0 Å². The van der Waals surface area contributed by atoms with E-state index in [2.05, 4.69) is 11.4 Å². The predicted molar refractivity (Wildman–Crippen MR) is 77.3 cm³/mol. The molecule has 0 aliphatic carbocycles. The minimum atomic E-state index is -4.29. The predicted octanol–water partition coefficient (Wildman–Crippen LogP) is 4.67. The summed E-state index contributed by atoms with van der Waals surface area (Å²) in [4.78, 5) is 0. The number of nitrogens with one attached hydrogen (secondary N) is 1. The van der Waals surface area contributed by atoms with Gasteiger partial charge in [0.25, 0.3) is 0 Å². The standard InChI is InChI=1S/C17H16F3N/c18-17(19,20)15-7-3-1-6-13(15)11-14-10-9-12-5-2-4-8-16(12)21-14/h1-8,14,21H,9-11H2. The van der Waals surface area contributed by atoms with E-state index in [1.807, 2.05) is 18.2 Å². The van der Waals surface area contributed by atoms with E-state index in [1.54, 1.807) is 12.1 Å². The lowest BCUT2D eigenvalue weighted by molar-refractivity contribution is -0.138. The fraction of sp³-hybridized carbons (Fsp3) is 0.294. The van der Waals surface area contributed by atoms with Gasteiger partial charge < -0.3 is 5.32 Å². The second-order valence-electron chi connectivity index (χ2n) is 5.40. The Morgan fingerprint density at radius 1 is 1.00 bits per heavy atom. The molecule has 0 fully saturated rings. The van der Waals surface area contributed by atoms with Gasteiger partial charge in [-0.3, -0.25) is 0 Å². The van der Waals surface area contributed by atoms with Crippen molar-refractivity contribution in [3.8, 4) is 0 Å². The summed E-state index contributed by atoms with van der Waals surface area (Å²) in [7, 11) is 0. The van der Waals surface area contributed by atoms with Gasteiger partial charge in [0.15, 0.2) is 0 Å². The van der Waals surface area contributed by atoms with E-state index in [1.165, 1.54) is 11.6 Å². The summed E-state index contributed by atoms with van der Waals surface area (Å²) in [5, 5.41) is 3.36. The molecule has 0 spiro atoms. The van der Waals surface area contributed by atoms with Crippen molar-refractivity contribution in [2.24, 2.45) is 0 Å². The molecule has 3 rings (SSSR count). The Morgan fingerprint density at radius 3 is 2.52 bits per heavy atom. The van der Waals surface area contributed by atoms with Crippen LogP contribution in [0, 0.1) is 0 Å². The van der Waals surface area contributed by atoms with Gasteiger partial charge in [-0.15, -0.1) is 0 Å². The number of hydrogen-bond acceptors (Lipinski definition) is 1. The number of alkyl halides is 3. The lowest BCUT2D eigenvalue weighted by Crippen LogP contribution is -2.28. The second-order valence-corrected chi connectivity index (χ2v) is 5.40. The lowest BCUT2D eigenvalue weighted by Gasteiger charge is -2.28. The first-order chi connectivity index (χ1) is 10.0. The van der Waals surface area contributed by atoms with Crippen molar-refractivity contribution < 1.29 is 13.2 Å². The first-order valence-corrected chi connectivity index (χ1v) is 7.03. The summed E-state index contributed by atoms with van der Waals surface area (Å²) >= 11 is 0. The van der Waals surface area contributed by atoms with Crippen LogP contribution in [0.2, 0.25) is 0 Å². The van der Waals surface area contributed by atoms with Crippen molar-refractivity contribution in [2.45, 2.75) is 31.5 Å². The number of rotatable bonds is 2. The molecule has 0 saturated carbocycles. The zero-order valence-electron chi connectivity index (χ0n) is 11.5. The number of fused-ring (bicyclic) bond motifs is 1. The van der Waals surface area contributed by atoms with Crippen LogP contribution >= 0.6 is 0 Å². The summed E-state index contributed by atoms with van der Waals surface area (Å²) < 4.78 is 39.1. The summed E-state index contributed by atoms with van der Waals surface area (Å²) in [5.74, 6) is 0. The smallest absolute Gasteiger partial charge is 0.382 e. The van der Waals surface area contributed by atoms with Gasteiger partial charge in [-0.1, -0.05) is 36.4 Å². The highest BCUT2D eigenvalue weighted by atomic mass is 19.4. The van der Waals surface area contributed by atoms with Crippen LogP contribution in [-0.2, 0) is 19.0 Å². The average molecular weight is 291 g/mol. The number of para-hydroxylation sites is 1. The number of anilines is 1. The molecule has 4 heteroatoms. The van der Waals surface area contributed by atoms with E-state index in [0.717, 1.165) is 24.6 Å². The number of halogens is 3. The molecule has 1 nitrogen and oxygen atoms in total. The maximum absolute atomic E-state index is 13.0. The molecule has 0 aromatic heterocycles. The zero-order valence-corrected chi connectivity index (χ0v) is 11.5. The molecule has 1 unspecified atom stereocenters. The van der Waals surface area contributed by atoms with Crippen molar-refractivity contribution in [2.75, 3.05) is 5.32 Å². The Morgan fingerprint density at radius 2 is 1.71 bits per heavy atom. The number of hydrogen-bond donors (Lipinski definition) is 1. The van der Waals surface area contributed by atoms with Gasteiger partial charge in [0.2, 0.25) is 0 Å². The van der Waals surface area contributed by atoms with Crippen molar-refractivity contribution >= 4 is 5.69 Å². The van der Waals surface area contributed by atoms with Gasteiger partial charge in [0.1, 0.15) is 0 Å². The van der Waals surface area contributed by atoms with Crippen LogP contribution in [0.1, 0.15) is 23.1 Å². The van der Waals surface area contributed by atoms with Crippen LogP contribution in [-0.4, -0.2) is 6.04 Å². The van der Waals surface area contributed by atoms with Gasteiger partial charge in [-0.2, -0.15) is 13.2 Å². The van der Waals surface area contributed by atoms with Crippen LogP contribution in [0.5, 0.6) is 0 Å². The minimum absolute atomic E-state index is 0.0448. The van der Waals surface area contributed by atoms with Gasteiger partial charge in [-0.05, 0) is 42.5 Å². The summed E-state index contributed by atoms with van der Waals surface area (Å²) in [6.45, 7) is 0. The normalized spacial score (nSPS) is 18.0. The SMILES string of the molecule is FC(F)(F)c1ccccc1CC1CCc2ccccc2N1. The average Bonchev–Trinajstić information content (AvgIpc) is 2.46. The molecule has 0 amide bonds. The summed E-state index contributed by atoms with van der Waals surface area (Å²) in [6, 6.07) is 13.9. The molecular formula is C17H16F3N. The van der Waals surface area contributed by atoms with Crippen molar-refractivity contribution in [1.29, 1.82) is 0 Å². The summed E-state index contributed by atoms with van der Waals surface area (Å²) in [6.07, 6.45) is -2.14. The van der Waals surface area contributed by atoms with Crippen LogP contribution in [0.25, 0.3) is 0 Å².